The van der Waals surface area contributed by atoms with Crippen molar-refractivity contribution in [3.8, 4) is 0 Å². The molecule has 28 heteroatoms. The number of halogens is 6. The van der Waals surface area contributed by atoms with Crippen LogP contribution in [0.15, 0.2) is 225 Å². The van der Waals surface area contributed by atoms with Gasteiger partial charge in [-0.3, -0.25) is 29.3 Å². The van der Waals surface area contributed by atoms with Gasteiger partial charge < -0.3 is 47.3 Å². The van der Waals surface area contributed by atoms with Gasteiger partial charge in [-0.25, -0.2) is 30.1 Å². The Kier molecular flexibility index (Phi) is 39.7. The van der Waals surface area contributed by atoms with Crippen molar-refractivity contribution in [2.75, 3.05) is 42.4 Å². The summed E-state index contributed by atoms with van der Waals surface area (Å²) in [4.78, 5) is 73.1. The Hall–Kier alpha value is -7.28. The van der Waals surface area contributed by atoms with Crippen LogP contribution in [0, 0.1) is 58.1 Å². The van der Waals surface area contributed by atoms with Gasteiger partial charge in [0.15, 0.2) is 0 Å². The Morgan fingerprint density at radius 1 is 0.496 bits per heavy atom. The number of hydrogen-bond acceptors (Lipinski definition) is 13. The molecule has 19 nitrogen and oxygen atoms in total. The number of fused-ring (bicyclic) bond motifs is 3. The van der Waals surface area contributed by atoms with Gasteiger partial charge in [0, 0.05) is 140 Å². The van der Waals surface area contributed by atoms with Crippen LogP contribution >= 0.6 is 65.0 Å². The number of nitrogens with two attached hydrogens (primary N) is 3. The van der Waals surface area contributed by atoms with Crippen molar-refractivity contribution in [3.63, 3.8) is 0 Å². The van der Waals surface area contributed by atoms with E-state index in [4.69, 9.17) is 97.5 Å². The van der Waals surface area contributed by atoms with E-state index in [0.29, 0.717) is 107 Å². The van der Waals surface area contributed by atoms with E-state index >= 15 is 0 Å². The Labute approximate surface area is 795 Å². The second-order valence-corrected chi connectivity index (χ2v) is 54.6. The standard InChI is InChI=1S/C15H20N2.C14H18ClNO.C14H16N2O3.C14H17NO.C11H15N.3C6H5.2C5H11N.C3H4Cl2O.Al.B.Bi.3ClH.HNO3/c1-10-4-5-11-8-12(16)6-7-13(11)17(10)14-9-15(14,2)3;1-14(2)10-12(14)16(13(17)8-9-15)11-6-4-3-5-7-11;1-14(2)8-12(14)15-11-5-4-10(16(18)19)7-9(11)3-6-13(15)17;1-14(2)9-12(14)15-11-6-4-3-5-10(11)7-8-13(15)16;1-11(2)8-10(11)12-9-6-4-3-5-7-9;3*1-2-4-6-5-3-1;2*1-5(2)3-4(5)6;4-2-1-3(5)6;;;;;;;2-1(3)4/h6-8,14H,1,4-5,9,16H2,2-3H3;3-7,12H,8-10H2,1-2H3;4-5,7,12H,3,6,8H2,1-2H3;3-6,12H,7-9H2,1-2H3;3-7,10,12H,8H2,1-2H3;3*1-5H;2*4H,3,6H2,1-2H3;1-2H2;;;;3*1H;(H,2,3,4)/q;;;;;;;;;;;+3;;;;;;/p-3. The number of rotatable bonds is 15. The minimum atomic E-state index is -2.06. The Balaban J connectivity index is 0.000000198. The molecule has 8 N–H and O–H groups in total. The molecule has 681 valence electrons. The summed E-state index contributed by atoms with van der Waals surface area (Å²) in [6.07, 6.45) is 13.6. The summed E-state index contributed by atoms with van der Waals surface area (Å²) in [5.41, 5.74) is 30.9. The molecular formula is C99H128AlBBiCl6N10O9. The maximum atomic E-state index is 12.2. The van der Waals surface area contributed by atoms with Gasteiger partial charge in [0.05, 0.1) is 4.92 Å². The van der Waals surface area contributed by atoms with Crippen molar-refractivity contribution in [2.24, 2.45) is 49.4 Å². The van der Waals surface area contributed by atoms with E-state index in [0.717, 1.165) is 66.8 Å². The summed E-state index contributed by atoms with van der Waals surface area (Å²) in [5.74, 6) is 1.27. The number of nitrogen functional groups attached to an aromatic ring is 1. The van der Waals surface area contributed by atoms with Crippen LogP contribution in [0.4, 0.5) is 39.8 Å². The van der Waals surface area contributed by atoms with Crippen molar-refractivity contribution in [1.82, 2.24) is 0 Å². The molecule has 3 heterocycles. The van der Waals surface area contributed by atoms with Gasteiger partial charge in [-0.15, -0.1) is 33.3 Å². The predicted molar refractivity (Wildman–Crippen MR) is 533 cm³/mol. The van der Waals surface area contributed by atoms with E-state index in [-0.39, 0.29) is 59.4 Å². The molecule has 8 aromatic carbocycles. The fourth-order valence-electron chi connectivity index (χ4n) is 15.3. The Morgan fingerprint density at radius 2 is 0.835 bits per heavy atom. The van der Waals surface area contributed by atoms with Crippen LogP contribution in [0.3, 0.4) is 0 Å². The number of allylic oxidation sites excluding steroid dienone is 1. The number of hydrogen-bond donors (Lipinski definition) is 5. The Morgan fingerprint density at radius 3 is 1.20 bits per heavy atom. The van der Waals surface area contributed by atoms with Crippen LogP contribution in [0.1, 0.15) is 191 Å². The third-order valence-corrected chi connectivity index (χ3v) is 34.8. The van der Waals surface area contributed by atoms with Gasteiger partial charge in [0.2, 0.25) is 23.0 Å². The first-order valence-corrected chi connectivity index (χ1v) is 55.1. The number of aryl methyl sites for hydroxylation is 3. The summed E-state index contributed by atoms with van der Waals surface area (Å²) < 4.78 is 4.61. The first-order chi connectivity index (χ1) is 59.2. The molecule has 18 rings (SSSR count). The zero-order valence-corrected chi connectivity index (χ0v) is 85.1. The first kappa shape index (κ1) is 107. The average Bonchev–Trinajstić information content (AvgIpc) is 1.58. The summed E-state index contributed by atoms with van der Waals surface area (Å²) in [6, 6.07) is 75.9. The number of nitro groups is 1. The summed E-state index contributed by atoms with van der Waals surface area (Å²) in [5, 5.41) is 27.6. The molecule has 0 saturated heterocycles. The van der Waals surface area contributed by atoms with Crippen LogP contribution < -0.4 is 51.9 Å². The SMILES string of the molecule is C=C1CCc2cc(N)ccc2N1C1CC1(C)C.CC1(C)CC1N.CC1(C)CC1N.CC1(C)CC1N(C(=O)CCCl)c1ccccc1.CC1(C)CC1N1C(=O)CCc2cc([N+](=O)[O-])ccc21.CC1(C)CC1N1C(=O)CCc2ccccc21.CC1(C)CC1Nc1ccccc1.O=C(Cl)CCCl.O=[N+]([O-])O.[B].[Cl][Al]([Cl])[Cl].c1cc[c]([Bi]([c]2ccccc2)[c]2ccccc2)cc1. The summed E-state index contributed by atoms with van der Waals surface area (Å²) >= 11 is 11.8. The van der Waals surface area contributed by atoms with E-state index < -0.39 is 38.2 Å². The molecule has 8 aromatic rings. The van der Waals surface area contributed by atoms with Crippen LogP contribution in [-0.2, 0) is 38.4 Å². The average molecular weight is 2060 g/mol. The number of nitro benzene ring substituents is 1. The number of para-hydroxylation sites is 3. The molecule has 3 aliphatic heterocycles. The first-order valence-electron chi connectivity index (χ1n) is 43.2. The third-order valence-electron chi connectivity index (χ3n) is 24.8. The quantitative estimate of drug-likeness (QED) is 0.0159. The van der Waals surface area contributed by atoms with E-state index in [1.54, 1.807) is 12.1 Å². The molecular weight excluding hydrogens is 1930 g/mol. The molecule has 3 radical (unpaired) electrons. The van der Waals surface area contributed by atoms with Gasteiger partial charge in [0.25, 0.3) is 10.8 Å². The molecule has 3 amide bonds. The van der Waals surface area contributed by atoms with Crippen molar-refractivity contribution in [1.29, 1.82) is 0 Å². The zero-order valence-electron chi connectivity index (χ0n) is 76.0. The number of nitrogens with zero attached hydrogens (tertiary/aromatic N) is 6. The van der Waals surface area contributed by atoms with Gasteiger partial charge in [-0.2, -0.15) is 0 Å². The monoisotopic (exact) mass is 2060 g/mol. The third kappa shape index (κ3) is 32.9. The van der Waals surface area contributed by atoms with Gasteiger partial charge in [-0.1, -0.05) is 158 Å². The molecule has 7 fully saturated rings. The number of anilines is 6. The minimum absolute atomic E-state index is 0. The molecule has 7 aliphatic carbocycles. The van der Waals surface area contributed by atoms with E-state index in [2.05, 4.69) is 259 Å². The van der Waals surface area contributed by atoms with Gasteiger partial charge in [0.1, 0.15) is 0 Å². The van der Waals surface area contributed by atoms with Crippen molar-refractivity contribution in [2.45, 2.75) is 236 Å². The fraction of sp³-hybridized carbons (Fsp3) is 0.455. The predicted octanol–water partition coefficient (Wildman–Crippen LogP) is 21.1. The number of alkyl halides is 2. The fourth-order valence-corrected chi connectivity index (χ4v) is 24.8. The second-order valence-electron chi connectivity index (χ2n) is 38.4. The van der Waals surface area contributed by atoms with Crippen LogP contribution in [-0.4, -0.2) is 134 Å². The van der Waals surface area contributed by atoms with Crippen molar-refractivity contribution in [3.05, 3.63) is 262 Å². The number of amides is 3. The van der Waals surface area contributed by atoms with E-state index in [1.165, 1.54) is 69.8 Å². The van der Waals surface area contributed by atoms with Crippen LogP contribution in [0.2, 0.25) is 0 Å². The van der Waals surface area contributed by atoms with E-state index in [1.807, 2.05) is 63.2 Å². The summed E-state index contributed by atoms with van der Waals surface area (Å²) in [7, 11) is 14.8. The topological polar surface area (TPSA) is 278 Å². The van der Waals surface area contributed by atoms with Gasteiger partial charge in [-0.05, 0) is 191 Å². The number of benzene rings is 8. The zero-order chi connectivity index (χ0) is 93.0. The molecule has 7 unspecified atom stereocenters. The van der Waals surface area contributed by atoms with Gasteiger partial charge >= 0.3 is 134 Å². The Bertz CT molecular complexity index is 4830. The molecule has 0 bridgehead atoms. The van der Waals surface area contributed by atoms with Crippen LogP contribution in [0.5, 0.6) is 0 Å². The van der Waals surface area contributed by atoms with E-state index in [9.17, 15) is 29.3 Å². The number of carbonyl (C=O) groups is 4. The number of non-ortho nitro benzene ring substituents is 1. The number of nitrogens with one attached hydrogen (secondary N) is 1. The molecule has 7 saturated carbocycles. The number of carbonyl (C=O) groups excluding carboxylic acids is 4. The molecule has 0 aromatic heterocycles. The molecule has 0 spiro atoms. The second kappa shape index (κ2) is 47.2. The van der Waals surface area contributed by atoms with Crippen molar-refractivity contribution >= 4 is 179 Å². The molecule has 10 aliphatic rings. The summed E-state index contributed by atoms with van der Waals surface area (Å²) in [6.45, 7) is 35.4. The molecule has 127 heavy (non-hydrogen) atoms. The normalized spacial score (nSPS) is 21.6. The van der Waals surface area contributed by atoms with Crippen LogP contribution in [0.25, 0.3) is 0 Å². The molecule has 7 atom stereocenters. The maximum absolute atomic E-state index is 12.2. The van der Waals surface area contributed by atoms with Crippen molar-refractivity contribution < 1.29 is 34.4 Å².